The van der Waals surface area contributed by atoms with Crippen LogP contribution in [0.2, 0.25) is 0 Å². The van der Waals surface area contributed by atoms with Crippen LogP contribution >= 0.6 is 0 Å². The van der Waals surface area contributed by atoms with E-state index in [9.17, 15) is 4.79 Å². The summed E-state index contributed by atoms with van der Waals surface area (Å²) >= 11 is 0. The van der Waals surface area contributed by atoms with E-state index < -0.39 is 0 Å². The Morgan fingerprint density at radius 1 is 1.22 bits per heavy atom. The molecule has 0 aliphatic rings. The van der Waals surface area contributed by atoms with Crippen LogP contribution in [0.4, 0.5) is 0 Å². The molecule has 0 fully saturated rings. The van der Waals surface area contributed by atoms with Gasteiger partial charge in [-0.3, -0.25) is 14.4 Å². The Morgan fingerprint density at radius 3 is 2.57 bits per heavy atom. The molecule has 0 aliphatic carbocycles. The van der Waals surface area contributed by atoms with Gasteiger partial charge < -0.3 is 4.90 Å². The zero-order valence-corrected chi connectivity index (χ0v) is 14.4. The molecule has 5 heteroatoms. The fraction of sp³-hybridized carbons (Fsp3) is 0.444. The number of benzene rings is 1. The molecule has 124 valence electrons. The number of aryl methyl sites for hydroxylation is 2. The van der Waals surface area contributed by atoms with Gasteiger partial charge >= 0.3 is 0 Å². The molecule has 23 heavy (non-hydrogen) atoms. The predicted octanol–water partition coefficient (Wildman–Crippen LogP) is 2.34. The van der Waals surface area contributed by atoms with Crippen LogP contribution in [0.1, 0.15) is 23.6 Å². The van der Waals surface area contributed by atoms with Gasteiger partial charge in [0, 0.05) is 32.5 Å². The summed E-state index contributed by atoms with van der Waals surface area (Å²) in [5, 5.41) is 4.19. The van der Waals surface area contributed by atoms with Gasteiger partial charge in [0.2, 0.25) is 5.91 Å². The Hall–Kier alpha value is -2.14. The minimum absolute atomic E-state index is 0.129. The number of amides is 1. The van der Waals surface area contributed by atoms with E-state index >= 15 is 0 Å². The molecule has 5 nitrogen and oxygen atoms in total. The lowest BCUT2D eigenvalue weighted by Crippen LogP contribution is -2.39. The van der Waals surface area contributed by atoms with E-state index in [2.05, 4.69) is 18.1 Å². The summed E-state index contributed by atoms with van der Waals surface area (Å²) in [6.07, 6.45) is 4.60. The molecule has 1 amide bonds. The number of nitrogens with zero attached hydrogens (tertiary/aromatic N) is 4. The van der Waals surface area contributed by atoms with Crippen LogP contribution in [0.15, 0.2) is 42.7 Å². The van der Waals surface area contributed by atoms with E-state index in [1.54, 1.807) is 6.20 Å². The van der Waals surface area contributed by atoms with Crippen LogP contribution in [0.5, 0.6) is 0 Å². The highest BCUT2D eigenvalue weighted by molar-refractivity contribution is 5.83. The Kier molecular flexibility index (Phi) is 5.93. The van der Waals surface area contributed by atoms with Crippen LogP contribution < -0.4 is 0 Å². The largest absolute Gasteiger partial charge is 0.344 e. The minimum atomic E-state index is -0.245. The average Bonchev–Trinajstić information content (AvgIpc) is 3.02. The fourth-order valence-electron chi connectivity index (χ4n) is 2.75. The van der Waals surface area contributed by atoms with Gasteiger partial charge in [-0.05, 0) is 44.6 Å². The van der Waals surface area contributed by atoms with Gasteiger partial charge in [0.1, 0.15) is 6.04 Å². The molecule has 1 heterocycles. The average molecular weight is 314 g/mol. The fourth-order valence-corrected chi connectivity index (χ4v) is 2.75. The van der Waals surface area contributed by atoms with E-state index in [1.807, 2.05) is 66.1 Å². The van der Waals surface area contributed by atoms with Crippen molar-refractivity contribution in [2.45, 2.75) is 25.9 Å². The molecule has 0 radical (unpaired) electrons. The Balaban J connectivity index is 2.01. The van der Waals surface area contributed by atoms with Gasteiger partial charge in [-0.25, -0.2) is 0 Å². The van der Waals surface area contributed by atoms with Gasteiger partial charge in [-0.15, -0.1) is 0 Å². The lowest BCUT2D eigenvalue weighted by atomic mass is 9.99. The maximum atomic E-state index is 12.9. The first-order chi connectivity index (χ1) is 11.0. The van der Waals surface area contributed by atoms with Crippen molar-refractivity contribution in [2.75, 3.05) is 27.7 Å². The summed E-state index contributed by atoms with van der Waals surface area (Å²) in [4.78, 5) is 16.7. The third-order valence-corrected chi connectivity index (χ3v) is 4.05. The van der Waals surface area contributed by atoms with Gasteiger partial charge in [0.15, 0.2) is 0 Å². The molecule has 0 N–H and O–H groups in total. The van der Waals surface area contributed by atoms with Crippen LogP contribution in [-0.4, -0.2) is 53.2 Å². The van der Waals surface area contributed by atoms with E-state index in [1.165, 1.54) is 0 Å². The molecule has 0 aliphatic heterocycles. The molecular weight excluding hydrogens is 288 g/mol. The zero-order chi connectivity index (χ0) is 16.8. The van der Waals surface area contributed by atoms with E-state index in [0.717, 1.165) is 30.6 Å². The summed E-state index contributed by atoms with van der Waals surface area (Å²) in [6, 6.07) is 9.75. The molecule has 1 atom stereocenters. The molecule has 2 aromatic rings. The second kappa shape index (κ2) is 7.92. The number of hydrogen-bond donors (Lipinski definition) is 0. The monoisotopic (exact) mass is 314 g/mol. The first kappa shape index (κ1) is 17.2. The third kappa shape index (κ3) is 4.42. The second-order valence-electron chi connectivity index (χ2n) is 6.11. The molecule has 1 aromatic carbocycles. The lowest BCUT2D eigenvalue weighted by molar-refractivity contribution is -0.135. The van der Waals surface area contributed by atoms with Gasteiger partial charge in [-0.2, -0.15) is 5.10 Å². The number of carbonyl (C=O) groups is 1. The zero-order valence-electron chi connectivity index (χ0n) is 14.4. The maximum absolute atomic E-state index is 12.9. The van der Waals surface area contributed by atoms with Crippen LogP contribution in [-0.2, 0) is 11.3 Å². The molecule has 0 unspecified atom stereocenters. The van der Waals surface area contributed by atoms with Crippen molar-refractivity contribution in [1.82, 2.24) is 19.6 Å². The number of hydrogen-bond acceptors (Lipinski definition) is 3. The second-order valence-corrected chi connectivity index (χ2v) is 6.11. The van der Waals surface area contributed by atoms with Gasteiger partial charge in [0.25, 0.3) is 0 Å². The van der Waals surface area contributed by atoms with Crippen molar-refractivity contribution in [3.8, 4) is 0 Å². The number of rotatable bonds is 7. The third-order valence-electron chi connectivity index (χ3n) is 4.05. The maximum Gasteiger partial charge on any atom is 0.244 e. The molecule has 0 saturated heterocycles. The van der Waals surface area contributed by atoms with E-state index in [0.29, 0.717) is 0 Å². The minimum Gasteiger partial charge on any atom is -0.344 e. The first-order valence-electron chi connectivity index (χ1n) is 7.95. The first-order valence-corrected chi connectivity index (χ1v) is 7.95. The number of likely N-dealkylation sites (N-methyl/N-ethyl adjacent to an activating group) is 2. The lowest BCUT2D eigenvalue weighted by Gasteiger charge is -2.29. The van der Waals surface area contributed by atoms with Crippen LogP contribution in [0.25, 0.3) is 0 Å². The Labute approximate surface area is 138 Å². The summed E-state index contributed by atoms with van der Waals surface area (Å²) in [7, 11) is 5.78. The molecule has 1 aromatic heterocycles. The van der Waals surface area contributed by atoms with Crippen molar-refractivity contribution in [1.29, 1.82) is 0 Å². The van der Waals surface area contributed by atoms with Gasteiger partial charge in [-0.1, -0.05) is 24.3 Å². The van der Waals surface area contributed by atoms with Crippen molar-refractivity contribution < 1.29 is 4.79 Å². The molecule has 0 saturated carbocycles. The van der Waals surface area contributed by atoms with Crippen molar-refractivity contribution in [3.63, 3.8) is 0 Å². The summed E-state index contributed by atoms with van der Waals surface area (Å²) < 4.78 is 1.89. The summed E-state index contributed by atoms with van der Waals surface area (Å²) in [5.41, 5.74) is 2.21. The highest BCUT2D eigenvalue weighted by Gasteiger charge is 2.26. The predicted molar refractivity (Wildman–Crippen MR) is 92.1 cm³/mol. The van der Waals surface area contributed by atoms with Crippen LogP contribution in [0, 0.1) is 6.92 Å². The smallest absolute Gasteiger partial charge is 0.244 e. The summed E-state index contributed by atoms with van der Waals surface area (Å²) in [6.45, 7) is 3.59. The van der Waals surface area contributed by atoms with Crippen molar-refractivity contribution in [3.05, 3.63) is 53.9 Å². The SMILES string of the molecule is Cc1ccccc1[C@H](C(=O)N(C)CCCn1cccn1)N(C)C. The van der Waals surface area contributed by atoms with Crippen molar-refractivity contribution in [2.24, 2.45) is 0 Å². The van der Waals surface area contributed by atoms with Crippen molar-refractivity contribution >= 4 is 5.91 Å². The van der Waals surface area contributed by atoms with E-state index in [-0.39, 0.29) is 11.9 Å². The normalized spacial score (nSPS) is 12.4. The molecule has 0 bridgehead atoms. The highest BCUT2D eigenvalue weighted by Crippen LogP contribution is 2.23. The molecular formula is C18H26N4O. The molecule has 2 rings (SSSR count). The topological polar surface area (TPSA) is 41.4 Å². The Morgan fingerprint density at radius 2 is 1.96 bits per heavy atom. The summed E-state index contributed by atoms with van der Waals surface area (Å²) in [5.74, 6) is 0.129. The number of carbonyl (C=O) groups excluding carboxylic acids is 1. The Bertz CT molecular complexity index is 622. The standard InChI is InChI=1S/C18H26N4O/c1-15-9-5-6-10-16(15)17(20(2)3)18(23)21(4)12-8-14-22-13-7-11-19-22/h5-7,9-11,13,17H,8,12,14H2,1-4H3/t17-/m1/s1. The number of aromatic nitrogens is 2. The highest BCUT2D eigenvalue weighted by atomic mass is 16.2. The van der Waals surface area contributed by atoms with Gasteiger partial charge in [0.05, 0.1) is 0 Å². The quantitative estimate of drug-likeness (QED) is 0.788. The van der Waals surface area contributed by atoms with E-state index in [4.69, 9.17) is 0 Å². The molecule has 0 spiro atoms. The van der Waals surface area contributed by atoms with Crippen LogP contribution in [0.3, 0.4) is 0 Å².